The zero-order valence-corrected chi connectivity index (χ0v) is 20.4. The zero-order chi connectivity index (χ0) is 23.5. The molecule has 1 saturated heterocycles. The van der Waals surface area contributed by atoms with E-state index in [9.17, 15) is 14.4 Å². The molecule has 0 atom stereocenters. The Morgan fingerprint density at radius 3 is 2.76 bits per heavy atom. The first-order valence-corrected chi connectivity index (χ1v) is 11.8. The summed E-state index contributed by atoms with van der Waals surface area (Å²) in [6.07, 6.45) is 1.55. The van der Waals surface area contributed by atoms with Crippen molar-refractivity contribution in [2.75, 3.05) is 20.0 Å². The van der Waals surface area contributed by atoms with E-state index in [2.05, 4.69) is 15.9 Å². The quantitative estimate of drug-likeness (QED) is 0.348. The van der Waals surface area contributed by atoms with Crippen LogP contribution in [-0.2, 0) is 20.9 Å². The largest absolute Gasteiger partial charge is 0.481 e. The van der Waals surface area contributed by atoms with Crippen molar-refractivity contribution in [3.8, 4) is 17.2 Å². The molecule has 8 nitrogen and oxygen atoms in total. The van der Waals surface area contributed by atoms with Crippen molar-refractivity contribution in [1.29, 1.82) is 0 Å². The minimum Gasteiger partial charge on any atom is -0.481 e. The molecule has 11 heteroatoms. The molecule has 0 saturated carbocycles. The number of thioether (sulfide) groups is 1. The van der Waals surface area contributed by atoms with E-state index < -0.39 is 17.1 Å². The molecule has 0 spiro atoms. The molecule has 0 radical (unpaired) electrons. The fourth-order valence-electron chi connectivity index (χ4n) is 3.13. The van der Waals surface area contributed by atoms with Crippen LogP contribution < -0.4 is 14.2 Å². The van der Waals surface area contributed by atoms with E-state index in [4.69, 9.17) is 30.5 Å². The van der Waals surface area contributed by atoms with Gasteiger partial charge in [-0.1, -0.05) is 27.5 Å². The van der Waals surface area contributed by atoms with Crippen LogP contribution in [0.3, 0.4) is 0 Å². The highest BCUT2D eigenvalue weighted by molar-refractivity contribution is 9.10. The summed E-state index contributed by atoms with van der Waals surface area (Å²) in [7, 11) is 0. The first-order valence-electron chi connectivity index (χ1n) is 9.77. The predicted octanol–water partition coefficient (Wildman–Crippen LogP) is 5.01. The Labute approximate surface area is 206 Å². The third-order valence-corrected chi connectivity index (χ3v) is 6.41. The van der Waals surface area contributed by atoms with E-state index in [1.165, 1.54) is 0 Å². The highest BCUT2D eigenvalue weighted by Crippen LogP contribution is 2.40. The molecule has 2 aromatic carbocycles. The molecule has 172 valence electrons. The maximum atomic E-state index is 13.0. The number of imide groups is 1. The van der Waals surface area contributed by atoms with Crippen molar-refractivity contribution >= 4 is 62.5 Å². The van der Waals surface area contributed by atoms with Crippen molar-refractivity contribution in [2.24, 2.45) is 0 Å². The lowest BCUT2D eigenvalue weighted by Crippen LogP contribution is -2.27. The minimum atomic E-state index is -0.507. The lowest BCUT2D eigenvalue weighted by atomic mass is 10.1. The standard InChI is InChI=1S/C22H17BrClNO7S/c1-2-29-20(26)10-30-16-4-3-14(23)5-12(16)7-19-21(27)25(22(28)33-19)9-13-6-17-18(8-15(13)24)32-11-31-17/h3-8H,2,9-11H2,1H3/b19-7+. The lowest BCUT2D eigenvalue weighted by Gasteiger charge is -2.14. The summed E-state index contributed by atoms with van der Waals surface area (Å²) < 4.78 is 21.8. The van der Waals surface area contributed by atoms with Crippen molar-refractivity contribution in [1.82, 2.24) is 4.90 Å². The molecule has 1 fully saturated rings. The first kappa shape index (κ1) is 23.5. The van der Waals surface area contributed by atoms with Gasteiger partial charge in [0.2, 0.25) is 6.79 Å². The lowest BCUT2D eigenvalue weighted by molar-refractivity contribution is -0.145. The van der Waals surface area contributed by atoms with Crippen LogP contribution in [0.5, 0.6) is 17.2 Å². The number of halogens is 2. The summed E-state index contributed by atoms with van der Waals surface area (Å²) in [5.74, 6) is 0.427. The molecule has 0 unspecified atom stereocenters. The average Bonchev–Trinajstić information content (AvgIpc) is 3.32. The van der Waals surface area contributed by atoms with E-state index in [1.807, 2.05) is 0 Å². The van der Waals surface area contributed by atoms with Gasteiger partial charge in [0.15, 0.2) is 18.1 Å². The van der Waals surface area contributed by atoms with Gasteiger partial charge in [0.05, 0.1) is 18.1 Å². The summed E-state index contributed by atoms with van der Waals surface area (Å²) in [6, 6.07) is 8.39. The third-order valence-electron chi connectivity index (χ3n) is 4.65. The fraction of sp³-hybridized carbons (Fsp3) is 0.227. The number of ether oxygens (including phenoxy) is 4. The smallest absolute Gasteiger partial charge is 0.344 e. The van der Waals surface area contributed by atoms with Gasteiger partial charge in [-0.2, -0.15) is 0 Å². The topological polar surface area (TPSA) is 91.4 Å². The van der Waals surface area contributed by atoms with Crippen molar-refractivity contribution in [2.45, 2.75) is 13.5 Å². The second-order valence-corrected chi connectivity index (χ2v) is 9.16. The highest BCUT2D eigenvalue weighted by atomic mass is 79.9. The molecule has 2 aliphatic rings. The van der Waals surface area contributed by atoms with Gasteiger partial charge in [0.1, 0.15) is 5.75 Å². The molecule has 0 aliphatic carbocycles. The Morgan fingerprint density at radius 2 is 2.00 bits per heavy atom. The molecule has 2 aliphatic heterocycles. The Balaban J connectivity index is 1.55. The summed E-state index contributed by atoms with van der Waals surface area (Å²) in [6.45, 7) is 1.75. The molecular weight excluding hydrogens is 538 g/mol. The van der Waals surface area contributed by atoms with Gasteiger partial charge in [0.25, 0.3) is 11.1 Å². The summed E-state index contributed by atoms with van der Waals surface area (Å²) in [5, 5.41) is -0.0621. The Kier molecular flexibility index (Phi) is 7.16. The van der Waals surface area contributed by atoms with E-state index >= 15 is 0 Å². The number of carbonyl (C=O) groups is 3. The van der Waals surface area contributed by atoms with E-state index in [0.717, 1.165) is 21.1 Å². The number of hydrogen-bond donors (Lipinski definition) is 0. The van der Waals surface area contributed by atoms with Gasteiger partial charge in [-0.05, 0) is 54.6 Å². The number of benzene rings is 2. The summed E-state index contributed by atoms with van der Waals surface area (Å²) >= 11 is 10.5. The van der Waals surface area contributed by atoms with Gasteiger partial charge in [-0.15, -0.1) is 0 Å². The van der Waals surface area contributed by atoms with Crippen molar-refractivity contribution in [3.63, 3.8) is 0 Å². The number of hydrogen-bond acceptors (Lipinski definition) is 8. The number of carbonyl (C=O) groups excluding carboxylic acids is 3. The van der Waals surface area contributed by atoms with Crippen LogP contribution in [0, 0.1) is 0 Å². The molecule has 4 rings (SSSR count). The van der Waals surface area contributed by atoms with Crippen LogP contribution in [0.15, 0.2) is 39.7 Å². The van der Waals surface area contributed by atoms with Gasteiger partial charge in [0, 0.05) is 21.1 Å². The Morgan fingerprint density at radius 1 is 1.24 bits per heavy atom. The molecular formula is C22H17BrClNO7S. The minimum absolute atomic E-state index is 0.0117. The van der Waals surface area contributed by atoms with Gasteiger partial charge >= 0.3 is 5.97 Å². The number of nitrogens with zero attached hydrogens (tertiary/aromatic N) is 1. The number of fused-ring (bicyclic) bond motifs is 1. The number of esters is 1. The highest BCUT2D eigenvalue weighted by Gasteiger charge is 2.36. The first-order chi connectivity index (χ1) is 15.9. The van der Waals surface area contributed by atoms with E-state index in [1.54, 1.807) is 43.3 Å². The second-order valence-electron chi connectivity index (χ2n) is 6.84. The summed E-state index contributed by atoms with van der Waals surface area (Å²) in [5.41, 5.74) is 1.09. The van der Waals surface area contributed by atoms with Crippen molar-refractivity contribution in [3.05, 3.63) is 55.9 Å². The second kappa shape index (κ2) is 10.1. The average molecular weight is 555 g/mol. The Hall–Kier alpha value is -2.69. The van der Waals surface area contributed by atoms with Gasteiger partial charge in [-0.3, -0.25) is 14.5 Å². The fourth-order valence-corrected chi connectivity index (χ4v) is 4.55. The number of amides is 2. The van der Waals surface area contributed by atoms with E-state index in [0.29, 0.717) is 33.4 Å². The third kappa shape index (κ3) is 5.29. The molecule has 2 heterocycles. The van der Waals surface area contributed by atoms with Gasteiger partial charge in [-0.25, -0.2) is 4.79 Å². The van der Waals surface area contributed by atoms with Crippen molar-refractivity contribution < 1.29 is 33.3 Å². The SMILES string of the molecule is CCOC(=O)COc1ccc(Br)cc1/C=C1/SC(=O)N(Cc2cc3c(cc2Cl)OCO3)C1=O. The van der Waals surface area contributed by atoms with Crippen LogP contribution in [-0.4, -0.2) is 42.0 Å². The molecule has 0 aromatic heterocycles. The van der Waals surface area contributed by atoms with Crippen LogP contribution in [0.2, 0.25) is 5.02 Å². The molecule has 0 N–H and O–H groups in total. The van der Waals surface area contributed by atoms with Crippen LogP contribution >= 0.6 is 39.3 Å². The Bertz CT molecular complexity index is 1170. The van der Waals surface area contributed by atoms with E-state index in [-0.39, 0.29) is 31.5 Å². The van der Waals surface area contributed by atoms with Crippen LogP contribution in [0.1, 0.15) is 18.1 Å². The van der Waals surface area contributed by atoms with Gasteiger partial charge < -0.3 is 18.9 Å². The maximum Gasteiger partial charge on any atom is 0.344 e. The molecule has 2 aromatic rings. The number of rotatable bonds is 7. The molecule has 33 heavy (non-hydrogen) atoms. The summed E-state index contributed by atoms with van der Waals surface area (Å²) in [4.78, 5) is 38.6. The maximum absolute atomic E-state index is 13.0. The normalized spacial score (nSPS) is 16.0. The monoisotopic (exact) mass is 553 g/mol. The molecule has 2 amide bonds. The van der Waals surface area contributed by atoms with Crippen LogP contribution in [0.4, 0.5) is 4.79 Å². The van der Waals surface area contributed by atoms with Crippen LogP contribution in [0.25, 0.3) is 6.08 Å². The zero-order valence-electron chi connectivity index (χ0n) is 17.3. The predicted molar refractivity (Wildman–Crippen MR) is 125 cm³/mol. The molecule has 0 bridgehead atoms.